The van der Waals surface area contributed by atoms with Crippen LogP contribution in [0.4, 0.5) is 5.69 Å². The largest absolute Gasteiger partial charge is 0.440 e. The summed E-state index contributed by atoms with van der Waals surface area (Å²) in [6.07, 6.45) is 0.609. The zero-order valence-electron chi connectivity index (χ0n) is 17.3. The lowest BCUT2D eigenvalue weighted by Gasteiger charge is -2.20. The maximum Gasteiger partial charge on any atom is 0.339 e. The number of sulfonamides is 1. The van der Waals surface area contributed by atoms with Crippen molar-refractivity contribution in [1.29, 1.82) is 0 Å². The Labute approximate surface area is 190 Å². The summed E-state index contributed by atoms with van der Waals surface area (Å²) in [6.45, 7) is -0.252. The lowest BCUT2D eigenvalue weighted by molar-refractivity contribution is 0.0228. The number of carbonyl (C=O) groups is 3. The Balaban J connectivity index is 1.33. The second-order valence-corrected chi connectivity index (χ2v) is 9.49. The molecule has 0 saturated carbocycles. The van der Waals surface area contributed by atoms with Crippen LogP contribution in [0.2, 0.25) is 0 Å². The van der Waals surface area contributed by atoms with E-state index >= 15 is 0 Å². The number of carbonyl (C=O) groups excluding carboxylic acids is 3. The Morgan fingerprint density at radius 3 is 2.27 bits per heavy atom. The number of esters is 1. The summed E-state index contributed by atoms with van der Waals surface area (Å²) in [5.41, 5.74) is 2.06. The van der Waals surface area contributed by atoms with Crippen LogP contribution in [0.5, 0.6) is 0 Å². The zero-order chi connectivity index (χ0) is 23.2. The van der Waals surface area contributed by atoms with Gasteiger partial charge in [0.15, 0.2) is 6.73 Å². The van der Waals surface area contributed by atoms with E-state index in [1.54, 1.807) is 24.3 Å². The third kappa shape index (κ3) is 3.46. The second-order valence-electron chi connectivity index (χ2n) is 7.63. The number of rotatable bonds is 5. The van der Waals surface area contributed by atoms with Crippen LogP contribution in [0.1, 0.15) is 36.6 Å². The van der Waals surface area contributed by atoms with Crippen LogP contribution in [0, 0.1) is 0 Å². The van der Waals surface area contributed by atoms with E-state index in [4.69, 9.17) is 4.74 Å². The van der Waals surface area contributed by atoms with Crippen molar-refractivity contribution in [3.63, 3.8) is 0 Å². The number of fused-ring (bicyclic) bond motifs is 2. The van der Waals surface area contributed by atoms with Crippen molar-refractivity contribution in [2.24, 2.45) is 0 Å². The summed E-state index contributed by atoms with van der Waals surface area (Å²) in [6, 6.07) is 19.1. The van der Waals surface area contributed by atoms with Gasteiger partial charge in [-0.2, -0.15) is 0 Å². The number of hydrogen-bond acceptors (Lipinski definition) is 6. The van der Waals surface area contributed by atoms with Crippen molar-refractivity contribution in [3.05, 3.63) is 95.1 Å². The van der Waals surface area contributed by atoms with E-state index in [0.29, 0.717) is 18.7 Å². The number of benzene rings is 3. The van der Waals surface area contributed by atoms with E-state index in [1.165, 1.54) is 40.7 Å². The molecule has 0 atom stereocenters. The Morgan fingerprint density at radius 1 is 0.879 bits per heavy atom. The molecule has 3 aromatic carbocycles. The van der Waals surface area contributed by atoms with E-state index in [1.807, 2.05) is 12.1 Å². The first-order chi connectivity index (χ1) is 15.9. The topological polar surface area (TPSA) is 101 Å². The molecule has 0 spiro atoms. The number of hydrogen-bond donors (Lipinski definition) is 0. The highest BCUT2D eigenvalue weighted by atomic mass is 32.2. The standard InChI is InChI=1S/C24H18N2O6S/c27-22-19-9-2-3-10-20(19)23(28)25(22)15-32-24(29)17-7-5-8-18(14-17)33(30,31)26-13-12-16-6-1-4-11-21(16)26/h1-11,14H,12-13,15H2. The van der Waals surface area contributed by atoms with Gasteiger partial charge < -0.3 is 4.74 Å². The molecule has 0 fully saturated rings. The molecule has 0 radical (unpaired) electrons. The summed E-state index contributed by atoms with van der Waals surface area (Å²) >= 11 is 0. The molecule has 2 aliphatic rings. The molecule has 5 rings (SSSR count). The Kier molecular flexibility index (Phi) is 4.98. The van der Waals surface area contributed by atoms with E-state index in [9.17, 15) is 22.8 Å². The smallest absolute Gasteiger partial charge is 0.339 e. The van der Waals surface area contributed by atoms with Crippen molar-refractivity contribution in [3.8, 4) is 0 Å². The SMILES string of the molecule is O=C(OCN1C(=O)c2ccccc2C1=O)c1cccc(S(=O)(=O)N2CCc3ccccc32)c1. The van der Waals surface area contributed by atoms with Gasteiger partial charge in [0.05, 0.1) is 27.3 Å². The minimum absolute atomic E-state index is 0.000154. The first-order valence-electron chi connectivity index (χ1n) is 10.2. The predicted octanol–water partition coefficient (Wildman–Crippen LogP) is 2.85. The average molecular weight is 462 g/mol. The molecular weight excluding hydrogens is 444 g/mol. The Hall–Kier alpha value is -3.98. The molecular formula is C24H18N2O6S. The highest BCUT2D eigenvalue weighted by Gasteiger charge is 2.36. The molecule has 2 amide bonds. The van der Waals surface area contributed by atoms with Gasteiger partial charge in [-0.05, 0) is 48.4 Å². The summed E-state index contributed by atoms with van der Waals surface area (Å²) in [7, 11) is -3.89. The van der Waals surface area contributed by atoms with Crippen molar-refractivity contribution >= 4 is 33.5 Å². The molecule has 8 nitrogen and oxygen atoms in total. The van der Waals surface area contributed by atoms with Gasteiger partial charge in [-0.1, -0.05) is 36.4 Å². The van der Waals surface area contributed by atoms with Crippen molar-refractivity contribution in [2.75, 3.05) is 17.6 Å². The lowest BCUT2D eigenvalue weighted by atomic mass is 10.1. The van der Waals surface area contributed by atoms with Crippen LogP contribution in [-0.2, 0) is 21.2 Å². The summed E-state index contributed by atoms with van der Waals surface area (Å²) in [5.74, 6) is -1.94. The normalized spacial score (nSPS) is 14.9. The molecule has 0 aromatic heterocycles. The molecule has 0 N–H and O–H groups in total. The minimum atomic E-state index is -3.89. The monoisotopic (exact) mass is 462 g/mol. The molecule has 0 aliphatic carbocycles. The van der Waals surface area contributed by atoms with Gasteiger partial charge in [0, 0.05) is 6.54 Å². The molecule has 3 aromatic rings. The fraction of sp³-hybridized carbons (Fsp3) is 0.125. The molecule has 9 heteroatoms. The Morgan fingerprint density at radius 2 is 1.55 bits per heavy atom. The van der Waals surface area contributed by atoms with Crippen LogP contribution in [0.25, 0.3) is 0 Å². The van der Waals surface area contributed by atoms with E-state index < -0.39 is 34.5 Å². The zero-order valence-corrected chi connectivity index (χ0v) is 18.1. The maximum absolute atomic E-state index is 13.2. The molecule has 2 heterocycles. The van der Waals surface area contributed by atoms with Crippen molar-refractivity contribution < 1.29 is 27.5 Å². The summed E-state index contributed by atoms with van der Waals surface area (Å²) < 4.78 is 32.9. The molecule has 166 valence electrons. The third-order valence-corrected chi connectivity index (χ3v) is 7.51. The lowest BCUT2D eigenvalue weighted by Crippen LogP contribution is -2.33. The minimum Gasteiger partial charge on any atom is -0.440 e. The fourth-order valence-electron chi connectivity index (χ4n) is 4.03. The number of nitrogens with zero attached hydrogens (tertiary/aromatic N) is 2. The average Bonchev–Trinajstić information content (AvgIpc) is 3.38. The highest BCUT2D eigenvalue weighted by molar-refractivity contribution is 7.92. The van der Waals surface area contributed by atoms with E-state index in [2.05, 4.69) is 0 Å². The van der Waals surface area contributed by atoms with E-state index in [0.717, 1.165) is 10.5 Å². The summed E-state index contributed by atoms with van der Waals surface area (Å²) in [4.78, 5) is 38.2. The van der Waals surface area contributed by atoms with Crippen LogP contribution in [0.15, 0.2) is 77.7 Å². The molecule has 2 aliphatic heterocycles. The maximum atomic E-state index is 13.2. The van der Waals surface area contributed by atoms with Gasteiger partial charge in [0.25, 0.3) is 21.8 Å². The molecule has 0 unspecified atom stereocenters. The number of para-hydroxylation sites is 1. The van der Waals surface area contributed by atoms with Gasteiger partial charge in [0.2, 0.25) is 0 Å². The van der Waals surface area contributed by atoms with Crippen molar-refractivity contribution in [1.82, 2.24) is 4.90 Å². The van der Waals surface area contributed by atoms with E-state index in [-0.39, 0.29) is 21.6 Å². The van der Waals surface area contributed by atoms with Gasteiger partial charge in [0.1, 0.15) is 0 Å². The highest BCUT2D eigenvalue weighted by Crippen LogP contribution is 2.33. The van der Waals surface area contributed by atoms with Gasteiger partial charge in [-0.3, -0.25) is 13.9 Å². The second kappa shape index (κ2) is 7.86. The first kappa shape index (κ1) is 20.9. The molecule has 33 heavy (non-hydrogen) atoms. The first-order valence-corrected chi connectivity index (χ1v) is 11.6. The van der Waals surface area contributed by atoms with Gasteiger partial charge in [-0.15, -0.1) is 0 Å². The number of ether oxygens (including phenoxy) is 1. The number of imide groups is 1. The number of anilines is 1. The van der Waals surface area contributed by atoms with Gasteiger partial charge in [-0.25, -0.2) is 18.1 Å². The molecule has 0 saturated heterocycles. The Bertz CT molecular complexity index is 1380. The number of amides is 2. The van der Waals surface area contributed by atoms with Crippen LogP contribution < -0.4 is 4.31 Å². The predicted molar refractivity (Wildman–Crippen MR) is 118 cm³/mol. The molecule has 0 bridgehead atoms. The summed E-state index contributed by atoms with van der Waals surface area (Å²) in [5, 5.41) is 0. The third-order valence-electron chi connectivity index (χ3n) is 5.71. The quantitative estimate of drug-likeness (QED) is 0.427. The van der Waals surface area contributed by atoms with Crippen molar-refractivity contribution in [2.45, 2.75) is 11.3 Å². The fourth-order valence-corrected chi connectivity index (χ4v) is 5.58. The van der Waals surface area contributed by atoms with Gasteiger partial charge >= 0.3 is 5.97 Å². The van der Waals surface area contributed by atoms with Crippen LogP contribution in [0.3, 0.4) is 0 Å². The van der Waals surface area contributed by atoms with Crippen LogP contribution in [-0.4, -0.2) is 44.4 Å². The van der Waals surface area contributed by atoms with Crippen LogP contribution >= 0.6 is 0 Å².